The van der Waals surface area contributed by atoms with Gasteiger partial charge in [-0.3, -0.25) is 4.79 Å². The van der Waals surface area contributed by atoms with Crippen molar-refractivity contribution in [3.63, 3.8) is 0 Å². The zero-order valence-electron chi connectivity index (χ0n) is 12.2. The summed E-state index contributed by atoms with van der Waals surface area (Å²) in [5.74, 6) is -0.103. The Hall–Kier alpha value is -1.94. The van der Waals surface area contributed by atoms with Crippen molar-refractivity contribution in [2.75, 3.05) is 6.61 Å². The van der Waals surface area contributed by atoms with Gasteiger partial charge in [-0.15, -0.1) is 10.2 Å². The van der Waals surface area contributed by atoms with Crippen LogP contribution in [0, 0.1) is 3.57 Å². The van der Waals surface area contributed by atoms with Gasteiger partial charge in [-0.05, 0) is 65.1 Å². The lowest BCUT2D eigenvalue weighted by atomic mass is 10.2. The molecule has 0 saturated carbocycles. The van der Waals surface area contributed by atoms with Gasteiger partial charge in [0.05, 0.1) is 5.52 Å². The molecule has 2 aromatic carbocycles. The van der Waals surface area contributed by atoms with Crippen LogP contribution in [0.1, 0.15) is 0 Å². The lowest BCUT2D eigenvalue weighted by molar-refractivity contribution is -0.120. The summed E-state index contributed by atoms with van der Waals surface area (Å²) in [5.41, 5.74) is 0.918. The summed E-state index contributed by atoms with van der Waals surface area (Å²) in [5, 5.41) is 18.0. The third-order valence-electron chi connectivity index (χ3n) is 3.15. The molecule has 0 aliphatic heterocycles. The van der Waals surface area contributed by atoms with E-state index >= 15 is 0 Å². The van der Waals surface area contributed by atoms with E-state index in [4.69, 9.17) is 4.74 Å². The van der Waals surface area contributed by atoms with Crippen LogP contribution < -0.4 is 4.74 Å². The van der Waals surface area contributed by atoms with Crippen molar-refractivity contribution in [3.8, 4) is 11.6 Å². The van der Waals surface area contributed by atoms with Crippen molar-refractivity contribution < 1.29 is 14.6 Å². The quantitative estimate of drug-likeness (QED) is 0.394. The molecule has 1 aromatic heterocycles. The van der Waals surface area contributed by atoms with Crippen LogP contribution in [0.5, 0.6) is 11.6 Å². The first-order chi connectivity index (χ1) is 11.5. The number of halogens is 2. The minimum atomic E-state index is -0.544. The van der Waals surface area contributed by atoms with Crippen LogP contribution in [0.25, 0.3) is 10.9 Å². The van der Waals surface area contributed by atoms with E-state index in [9.17, 15) is 9.90 Å². The lowest BCUT2D eigenvalue weighted by Crippen LogP contribution is -2.07. The molecule has 0 radical (unpaired) electrons. The second-order valence-corrected chi connectivity index (χ2v) is 7.01. The predicted octanol–water partition coefficient (Wildman–Crippen LogP) is 4.93. The van der Waals surface area contributed by atoms with Crippen LogP contribution in [-0.4, -0.2) is 22.6 Å². The van der Waals surface area contributed by atoms with Crippen molar-refractivity contribution in [1.29, 1.82) is 0 Å². The molecule has 2 N–H and O–H groups in total. The molecule has 0 aliphatic carbocycles. The van der Waals surface area contributed by atoms with Gasteiger partial charge >= 0.3 is 5.91 Å². The largest absolute Gasteiger partial charge is 0.493 e. The number of carbonyl (C=O) groups excluding carboxylic acids is 1. The number of hydrogen-bond donors (Lipinski definition) is 2. The van der Waals surface area contributed by atoms with E-state index in [0.29, 0.717) is 16.7 Å². The number of aromatic nitrogens is 1. The SMILES string of the molecule is O=C(COc1ccc(I)cc1)N=Nc1c(O)[nH]c2ccc(Br)cc12. The van der Waals surface area contributed by atoms with Crippen molar-refractivity contribution in [3.05, 3.63) is 50.5 Å². The number of amides is 1. The van der Waals surface area contributed by atoms with Crippen molar-refractivity contribution in [2.45, 2.75) is 0 Å². The molecule has 6 nitrogen and oxygen atoms in total. The first-order valence-corrected chi connectivity index (χ1v) is 8.73. The maximum atomic E-state index is 11.8. The van der Waals surface area contributed by atoms with Crippen molar-refractivity contribution in [2.24, 2.45) is 10.2 Å². The Bertz CT molecular complexity index is 922. The lowest BCUT2D eigenvalue weighted by Gasteiger charge is -2.02. The van der Waals surface area contributed by atoms with Gasteiger partial charge in [-0.1, -0.05) is 15.9 Å². The number of fused-ring (bicyclic) bond motifs is 1. The number of rotatable bonds is 4. The summed E-state index contributed by atoms with van der Waals surface area (Å²) < 4.78 is 7.25. The van der Waals surface area contributed by atoms with Gasteiger partial charge in [0.1, 0.15) is 5.75 Å². The molecule has 1 heterocycles. The molecule has 0 unspecified atom stereocenters. The zero-order valence-corrected chi connectivity index (χ0v) is 15.9. The topological polar surface area (TPSA) is 87.0 Å². The Morgan fingerprint density at radius 3 is 2.75 bits per heavy atom. The number of azo groups is 1. The molecule has 24 heavy (non-hydrogen) atoms. The minimum absolute atomic E-state index is 0.141. The molecule has 0 atom stereocenters. The van der Waals surface area contributed by atoms with E-state index in [-0.39, 0.29) is 18.2 Å². The average molecular weight is 500 g/mol. The molecule has 0 saturated heterocycles. The van der Waals surface area contributed by atoms with Crippen LogP contribution in [-0.2, 0) is 4.79 Å². The molecule has 0 fully saturated rings. The van der Waals surface area contributed by atoms with E-state index in [1.165, 1.54) is 0 Å². The highest BCUT2D eigenvalue weighted by Gasteiger charge is 2.11. The molecule has 3 rings (SSSR count). The number of aromatic hydroxyl groups is 1. The van der Waals surface area contributed by atoms with E-state index in [1.807, 2.05) is 18.2 Å². The van der Waals surface area contributed by atoms with Crippen molar-refractivity contribution >= 4 is 61.0 Å². The predicted molar refractivity (Wildman–Crippen MR) is 102 cm³/mol. The first-order valence-electron chi connectivity index (χ1n) is 6.86. The summed E-state index contributed by atoms with van der Waals surface area (Å²) in [6, 6.07) is 12.7. The molecule has 1 amide bonds. The third kappa shape index (κ3) is 3.93. The summed E-state index contributed by atoms with van der Waals surface area (Å²) in [7, 11) is 0. The van der Waals surface area contributed by atoms with E-state index in [2.05, 4.69) is 53.7 Å². The Morgan fingerprint density at radius 2 is 2.00 bits per heavy atom. The molecule has 8 heteroatoms. The van der Waals surface area contributed by atoms with Crippen LogP contribution in [0.3, 0.4) is 0 Å². The Balaban J connectivity index is 1.71. The fraction of sp³-hybridized carbons (Fsp3) is 0.0625. The van der Waals surface area contributed by atoms with E-state index in [1.54, 1.807) is 24.3 Å². The molecular weight excluding hydrogens is 489 g/mol. The zero-order chi connectivity index (χ0) is 17.1. The van der Waals surface area contributed by atoms with E-state index < -0.39 is 5.91 Å². The van der Waals surface area contributed by atoms with E-state index in [0.717, 1.165) is 8.04 Å². The Kier molecular flexibility index (Phi) is 5.14. The van der Waals surface area contributed by atoms with Gasteiger partial charge in [-0.25, -0.2) is 0 Å². The number of nitrogens with zero attached hydrogens (tertiary/aromatic N) is 2. The van der Waals surface area contributed by atoms with Gasteiger partial charge in [-0.2, -0.15) is 0 Å². The fourth-order valence-electron chi connectivity index (χ4n) is 2.05. The van der Waals surface area contributed by atoms with Crippen LogP contribution in [0.15, 0.2) is 57.2 Å². The molecule has 3 aromatic rings. The van der Waals surface area contributed by atoms with Gasteiger partial charge in [0, 0.05) is 13.4 Å². The van der Waals surface area contributed by atoms with Gasteiger partial charge in [0.15, 0.2) is 12.3 Å². The highest BCUT2D eigenvalue weighted by molar-refractivity contribution is 14.1. The second-order valence-electron chi connectivity index (χ2n) is 4.85. The number of H-pyrrole nitrogens is 1. The third-order valence-corrected chi connectivity index (χ3v) is 4.36. The molecule has 0 aliphatic rings. The molecule has 122 valence electrons. The standard InChI is InChI=1S/C16H11BrIN3O3/c17-9-1-6-13-12(7-9)15(16(23)19-13)21-20-14(22)8-24-11-4-2-10(18)3-5-11/h1-7,19,23H,8H2. The monoisotopic (exact) mass is 499 g/mol. The Morgan fingerprint density at radius 1 is 1.25 bits per heavy atom. The van der Waals surface area contributed by atoms with Gasteiger partial charge in [0.25, 0.3) is 0 Å². The van der Waals surface area contributed by atoms with Crippen LogP contribution in [0.4, 0.5) is 5.69 Å². The Labute approximate surface area is 159 Å². The van der Waals surface area contributed by atoms with Crippen LogP contribution in [0.2, 0.25) is 0 Å². The number of hydrogen-bond acceptors (Lipinski definition) is 4. The smallest absolute Gasteiger partial charge is 0.302 e. The number of aromatic amines is 1. The van der Waals surface area contributed by atoms with Gasteiger partial charge in [0.2, 0.25) is 5.88 Å². The summed E-state index contributed by atoms with van der Waals surface area (Å²) >= 11 is 5.54. The molecule has 0 spiro atoms. The maximum Gasteiger partial charge on any atom is 0.302 e. The number of benzene rings is 2. The summed E-state index contributed by atoms with van der Waals surface area (Å²) in [4.78, 5) is 14.6. The maximum absolute atomic E-state index is 11.8. The number of ether oxygens (including phenoxy) is 1. The van der Waals surface area contributed by atoms with Gasteiger partial charge < -0.3 is 14.8 Å². The van der Waals surface area contributed by atoms with Crippen molar-refractivity contribution in [1.82, 2.24) is 4.98 Å². The number of nitrogens with one attached hydrogen (secondary N) is 1. The summed E-state index contributed by atoms with van der Waals surface area (Å²) in [6.45, 7) is -0.225. The highest BCUT2D eigenvalue weighted by Crippen LogP contribution is 2.36. The first kappa shape index (κ1) is 16.9. The highest BCUT2D eigenvalue weighted by atomic mass is 127. The second kappa shape index (κ2) is 7.31. The fourth-order valence-corrected chi connectivity index (χ4v) is 2.77. The van der Waals surface area contributed by atoms with Crippen LogP contribution >= 0.6 is 38.5 Å². The minimum Gasteiger partial charge on any atom is -0.493 e. The normalized spacial score (nSPS) is 11.2. The average Bonchev–Trinajstić information content (AvgIpc) is 2.87. The molecular formula is C16H11BrIN3O3. The molecule has 0 bridgehead atoms. The summed E-state index contributed by atoms with van der Waals surface area (Å²) in [6.07, 6.45) is 0. The number of carbonyl (C=O) groups is 1.